The number of phenolic OH excluding ortho intramolecular Hbond substituents is 1. The van der Waals surface area contributed by atoms with Crippen LogP contribution in [-0.4, -0.2) is 13.0 Å². The molecule has 3 N–H and O–H groups in total. The maximum Gasteiger partial charge on any atom is 0.119 e. The summed E-state index contributed by atoms with van der Waals surface area (Å²) in [5.41, 5.74) is 6.21. The van der Waals surface area contributed by atoms with Crippen LogP contribution in [0.5, 0.6) is 5.75 Å². The molecule has 1 aromatic carbocycles. The largest absolute Gasteiger partial charge is 0.509 e. The molecule has 0 amide bonds. The quantitative estimate of drug-likeness (QED) is 0.281. The summed E-state index contributed by atoms with van der Waals surface area (Å²) >= 11 is 0. The lowest BCUT2D eigenvalue weighted by Crippen LogP contribution is -2.03. The van der Waals surface area contributed by atoms with E-state index in [1.54, 1.807) is 6.07 Å². The van der Waals surface area contributed by atoms with Crippen molar-refractivity contribution < 1.29 is 5.11 Å². The Morgan fingerprint density at radius 3 is 2.56 bits per heavy atom. The molecule has 0 aromatic heterocycles. The van der Waals surface area contributed by atoms with Crippen LogP contribution in [0.1, 0.15) is 0 Å². The van der Waals surface area contributed by atoms with E-state index in [2.05, 4.69) is 0 Å². The number of anilines is 1. The van der Waals surface area contributed by atoms with Gasteiger partial charge in [0, 0.05) is 5.69 Å². The number of hydrogen-bond acceptors (Lipinski definition) is 2. The highest BCUT2D eigenvalue weighted by molar-refractivity contribution is 6.34. The van der Waals surface area contributed by atoms with Crippen LogP contribution in [0.3, 0.4) is 0 Å². The molecule has 0 aliphatic carbocycles. The average Bonchev–Trinajstić information content (AvgIpc) is 1.80. The van der Waals surface area contributed by atoms with E-state index in [4.69, 9.17) is 18.7 Å². The summed E-state index contributed by atoms with van der Waals surface area (Å²) in [5, 5.41) is 8.86. The predicted octanol–water partition coefficient (Wildman–Crippen LogP) is -0.232. The molecule has 0 unspecified atom stereocenters. The topological polar surface area (TPSA) is 46.2 Å². The summed E-state index contributed by atoms with van der Waals surface area (Å²) < 4.78 is 0. The molecule has 0 heterocycles. The van der Waals surface area contributed by atoms with Crippen molar-refractivity contribution in [3.05, 3.63) is 18.2 Å². The van der Waals surface area contributed by atoms with Crippen LogP contribution in [0, 0.1) is 0 Å². The SMILES string of the molecule is [B]c1cc(N)ccc1O. The molecule has 0 atom stereocenters. The van der Waals surface area contributed by atoms with Gasteiger partial charge in [-0.15, -0.1) is 0 Å². The van der Waals surface area contributed by atoms with E-state index >= 15 is 0 Å². The maximum absolute atomic E-state index is 8.86. The number of benzene rings is 1. The third-order valence-corrected chi connectivity index (χ3v) is 1.05. The fourth-order valence-electron chi connectivity index (χ4n) is 0.573. The normalized spacial score (nSPS) is 9.33. The number of nitrogens with two attached hydrogens (primary N) is 1. The van der Waals surface area contributed by atoms with Crippen molar-refractivity contribution in [1.29, 1.82) is 0 Å². The highest BCUT2D eigenvalue weighted by atomic mass is 16.3. The fraction of sp³-hybridized carbons (Fsp3) is 0. The molecular weight excluding hydrogens is 113 g/mol. The monoisotopic (exact) mass is 119 g/mol. The van der Waals surface area contributed by atoms with Crippen LogP contribution in [0.15, 0.2) is 18.2 Å². The van der Waals surface area contributed by atoms with Gasteiger partial charge in [-0.05, 0) is 18.2 Å². The zero-order chi connectivity index (χ0) is 6.85. The van der Waals surface area contributed by atoms with E-state index in [0.29, 0.717) is 11.2 Å². The van der Waals surface area contributed by atoms with Gasteiger partial charge in [0.15, 0.2) is 0 Å². The summed E-state index contributed by atoms with van der Waals surface area (Å²) in [7, 11) is 5.29. The van der Waals surface area contributed by atoms with Crippen molar-refractivity contribution in [1.82, 2.24) is 0 Å². The lowest BCUT2D eigenvalue weighted by atomic mass is 9.95. The van der Waals surface area contributed by atoms with Gasteiger partial charge < -0.3 is 10.8 Å². The second-order valence-electron chi connectivity index (χ2n) is 1.82. The first-order chi connectivity index (χ1) is 4.20. The van der Waals surface area contributed by atoms with Crippen molar-refractivity contribution in [3.63, 3.8) is 0 Å². The first kappa shape index (κ1) is 6.01. The molecule has 2 nitrogen and oxygen atoms in total. The molecule has 0 fully saturated rings. The van der Waals surface area contributed by atoms with Gasteiger partial charge in [0.25, 0.3) is 0 Å². The molecule has 1 aromatic rings. The minimum atomic E-state index is 0.0733. The predicted molar refractivity (Wildman–Crippen MR) is 37.9 cm³/mol. The van der Waals surface area contributed by atoms with Gasteiger partial charge in [-0.25, -0.2) is 0 Å². The Balaban J connectivity index is 3.17. The standard InChI is InChI=1S/C6H6BNO/c7-5-3-4(8)1-2-6(5)9/h1-3,9H,8H2. The van der Waals surface area contributed by atoms with Gasteiger partial charge in [0.2, 0.25) is 0 Å². The average molecular weight is 119 g/mol. The van der Waals surface area contributed by atoms with Crippen molar-refractivity contribution >= 4 is 19.0 Å². The van der Waals surface area contributed by atoms with Gasteiger partial charge >= 0.3 is 0 Å². The third kappa shape index (κ3) is 1.16. The molecule has 0 bridgehead atoms. The van der Waals surface area contributed by atoms with Crippen LogP contribution in [0.4, 0.5) is 5.69 Å². The molecule has 0 spiro atoms. The molecule has 0 saturated heterocycles. The maximum atomic E-state index is 8.86. The highest BCUT2D eigenvalue weighted by Crippen LogP contribution is 2.06. The zero-order valence-electron chi connectivity index (χ0n) is 4.83. The zero-order valence-corrected chi connectivity index (χ0v) is 4.83. The third-order valence-electron chi connectivity index (χ3n) is 1.05. The second-order valence-corrected chi connectivity index (χ2v) is 1.82. The Morgan fingerprint density at radius 1 is 1.44 bits per heavy atom. The van der Waals surface area contributed by atoms with Crippen LogP contribution < -0.4 is 11.2 Å². The minimum absolute atomic E-state index is 0.0733. The van der Waals surface area contributed by atoms with E-state index in [-0.39, 0.29) is 5.75 Å². The van der Waals surface area contributed by atoms with Crippen molar-refractivity contribution in [3.8, 4) is 5.75 Å². The Labute approximate surface area is 54.7 Å². The second kappa shape index (κ2) is 2.01. The molecule has 44 valence electrons. The number of rotatable bonds is 0. The van der Waals surface area contributed by atoms with E-state index in [9.17, 15) is 0 Å². The summed E-state index contributed by atoms with van der Waals surface area (Å²) in [5.74, 6) is 0.0733. The van der Waals surface area contributed by atoms with E-state index in [1.165, 1.54) is 12.1 Å². The van der Waals surface area contributed by atoms with Crippen LogP contribution in [0.25, 0.3) is 0 Å². The lowest BCUT2D eigenvalue weighted by Gasteiger charge is -1.97. The molecule has 3 heteroatoms. The van der Waals surface area contributed by atoms with Crippen LogP contribution >= 0.6 is 0 Å². The summed E-state index contributed by atoms with van der Waals surface area (Å²) in [4.78, 5) is 0. The first-order valence-electron chi connectivity index (χ1n) is 2.54. The fourth-order valence-corrected chi connectivity index (χ4v) is 0.573. The van der Waals surface area contributed by atoms with Crippen molar-refractivity contribution in [2.75, 3.05) is 5.73 Å². The van der Waals surface area contributed by atoms with Gasteiger partial charge in [0.1, 0.15) is 13.6 Å². The number of phenols is 1. The number of hydrogen-bond donors (Lipinski definition) is 2. The lowest BCUT2D eigenvalue weighted by molar-refractivity contribution is 0.480. The Morgan fingerprint density at radius 2 is 2.11 bits per heavy atom. The summed E-state index contributed by atoms with van der Waals surface area (Å²) in [6.07, 6.45) is 0. The number of aromatic hydroxyl groups is 1. The highest BCUT2D eigenvalue weighted by Gasteiger charge is 1.91. The van der Waals surface area contributed by atoms with E-state index < -0.39 is 0 Å². The molecule has 2 radical (unpaired) electrons. The van der Waals surface area contributed by atoms with Crippen molar-refractivity contribution in [2.24, 2.45) is 0 Å². The minimum Gasteiger partial charge on any atom is -0.509 e. The first-order valence-corrected chi connectivity index (χ1v) is 2.54. The Kier molecular flexibility index (Phi) is 1.34. The molecular formula is C6H6BNO. The molecule has 1 rings (SSSR count). The van der Waals surface area contributed by atoms with Gasteiger partial charge in [0.05, 0.1) is 0 Å². The molecule has 0 saturated carbocycles. The molecule has 0 aliphatic rings. The summed E-state index contributed by atoms with van der Waals surface area (Å²) in [6.45, 7) is 0. The smallest absolute Gasteiger partial charge is 0.119 e. The van der Waals surface area contributed by atoms with Crippen molar-refractivity contribution in [2.45, 2.75) is 0 Å². The molecule has 0 aliphatic heterocycles. The summed E-state index contributed by atoms with van der Waals surface area (Å²) in [6, 6.07) is 4.56. The molecule has 9 heavy (non-hydrogen) atoms. The van der Waals surface area contributed by atoms with Gasteiger partial charge in [-0.3, -0.25) is 0 Å². The van der Waals surface area contributed by atoms with Crippen LogP contribution in [-0.2, 0) is 0 Å². The van der Waals surface area contributed by atoms with Gasteiger partial charge in [-0.2, -0.15) is 0 Å². The number of nitrogen functional groups attached to an aromatic ring is 1. The van der Waals surface area contributed by atoms with E-state index in [1.807, 2.05) is 0 Å². The van der Waals surface area contributed by atoms with Crippen LogP contribution in [0.2, 0.25) is 0 Å². The Bertz CT molecular complexity index is 224. The van der Waals surface area contributed by atoms with Gasteiger partial charge in [-0.1, -0.05) is 5.46 Å². The Hall–Kier alpha value is -1.12. The van der Waals surface area contributed by atoms with E-state index in [0.717, 1.165) is 0 Å².